The first-order chi connectivity index (χ1) is 13.4. The zero-order chi connectivity index (χ0) is 19.7. The molecule has 1 unspecified atom stereocenters. The monoisotopic (exact) mass is 444 g/mol. The minimum atomic E-state index is -4.36. The Labute approximate surface area is 178 Å². The van der Waals surface area contributed by atoms with Gasteiger partial charge in [-0.1, -0.05) is 12.1 Å². The third-order valence-corrected chi connectivity index (χ3v) is 6.68. The maximum absolute atomic E-state index is 13.1. The smallest absolute Gasteiger partial charge is 0.334 e. The fraction of sp³-hybridized carbons (Fsp3) is 0.476. The Bertz CT molecular complexity index is 831. The number of alkyl halides is 3. The molecule has 3 nitrogen and oxygen atoms in total. The molecule has 0 N–H and O–H groups in total. The van der Waals surface area contributed by atoms with Gasteiger partial charge in [-0.2, -0.15) is 13.2 Å². The van der Waals surface area contributed by atoms with E-state index in [1.54, 1.807) is 11.3 Å². The first kappa shape index (κ1) is 22.1. The minimum Gasteiger partial charge on any atom is -0.334 e. The summed E-state index contributed by atoms with van der Waals surface area (Å²) in [4.78, 5) is 18.8. The van der Waals surface area contributed by atoms with Crippen molar-refractivity contribution in [2.45, 2.75) is 37.9 Å². The van der Waals surface area contributed by atoms with Crippen molar-refractivity contribution in [3.8, 4) is 0 Å². The quantitative estimate of drug-likeness (QED) is 0.666. The third kappa shape index (κ3) is 4.95. The summed E-state index contributed by atoms with van der Waals surface area (Å²) >= 11 is 1.75. The molecule has 3 heterocycles. The van der Waals surface area contributed by atoms with Crippen molar-refractivity contribution in [2.75, 3.05) is 26.2 Å². The zero-order valence-electron chi connectivity index (χ0n) is 16.0. The van der Waals surface area contributed by atoms with Crippen LogP contribution in [0.5, 0.6) is 0 Å². The van der Waals surface area contributed by atoms with Crippen LogP contribution in [0.15, 0.2) is 35.7 Å². The van der Waals surface area contributed by atoms with Gasteiger partial charge in [0.25, 0.3) is 0 Å². The average Bonchev–Trinajstić information content (AvgIpc) is 3.33. The number of hydrogen-bond donors (Lipinski definition) is 0. The molecule has 8 heteroatoms. The zero-order valence-corrected chi connectivity index (χ0v) is 17.6. The van der Waals surface area contributed by atoms with Crippen LogP contribution < -0.4 is 0 Å². The van der Waals surface area contributed by atoms with Gasteiger partial charge in [0, 0.05) is 18.0 Å². The number of halogens is 4. The molecule has 1 fully saturated rings. The minimum absolute atomic E-state index is 0. The molecule has 29 heavy (non-hydrogen) atoms. The molecule has 0 bridgehead atoms. The molecular weight excluding hydrogens is 421 g/mol. The summed E-state index contributed by atoms with van der Waals surface area (Å²) in [6.45, 7) is 3.64. The Morgan fingerprint density at radius 1 is 1.07 bits per heavy atom. The lowest BCUT2D eigenvalue weighted by Gasteiger charge is -2.38. The van der Waals surface area contributed by atoms with Crippen LogP contribution in [0, 0.1) is 0 Å². The predicted octanol–water partition coefficient (Wildman–Crippen LogP) is 4.95. The molecule has 0 saturated carbocycles. The molecule has 1 saturated heterocycles. The first-order valence-electron chi connectivity index (χ1n) is 9.66. The molecular formula is C21H24ClF3N2OS. The molecule has 1 atom stereocenters. The van der Waals surface area contributed by atoms with E-state index in [-0.39, 0.29) is 30.8 Å². The average molecular weight is 445 g/mol. The summed E-state index contributed by atoms with van der Waals surface area (Å²) in [5, 5.41) is 2.09. The van der Waals surface area contributed by atoms with E-state index in [4.69, 9.17) is 0 Å². The van der Waals surface area contributed by atoms with Crippen molar-refractivity contribution < 1.29 is 18.0 Å². The van der Waals surface area contributed by atoms with Crippen LogP contribution in [0.1, 0.15) is 40.5 Å². The van der Waals surface area contributed by atoms with E-state index < -0.39 is 11.7 Å². The van der Waals surface area contributed by atoms with Gasteiger partial charge in [-0.25, -0.2) is 0 Å². The van der Waals surface area contributed by atoms with Gasteiger partial charge >= 0.3 is 6.18 Å². The van der Waals surface area contributed by atoms with Crippen molar-refractivity contribution in [2.24, 2.45) is 0 Å². The van der Waals surface area contributed by atoms with Gasteiger partial charge in [0.1, 0.15) is 0 Å². The van der Waals surface area contributed by atoms with E-state index >= 15 is 0 Å². The predicted molar refractivity (Wildman–Crippen MR) is 111 cm³/mol. The van der Waals surface area contributed by atoms with Gasteiger partial charge in [0.15, 0.2) is 0 Å². The topological polar surface area (TPSA) is 23.6 Å². The van der Waals surface area contributed by atoms with Crippen molar-refractivity contribution in [1.82, 2.24) is 9.80 Å². The number of rotatable bonds is 4. The molecule has 2 aliphatic rings. The van der Waals surface area contributed by atoms with Gasteiger partial charge in [0.2, 0.25) is 5.91 Å². The maximum Gasteiger partial charge on any atom is 0.416 e. The Balaban J connectivity index is 0.00000240. The fourth-order valence-corrected chi connectivity index (χ4v) is 5.12. The number of amides is 1. The van der Waals surface area contributed by atoms with Gasteiger partial charge in [-0.05, 0) is 67.1 Å². The largest absolute Gasteiger partial charge is 0.416 e. The molecule has 1 amide bonds. The molecule has 0 aliphatic carbocycles. The van der Waals surface area contributed by atoms with Crippen LogP contribution in [0.2, 0.25) is 0 Å². The number of nitrogens with zero attached hydrogens (tertiary/aromatic N) is 2. The van der Waals surface area contributed by atoms with Crippen LogP contribution in [-0.2, 0) is 23.8 Å². The van der Waals surface area contributed by atoms with E-state index in [0.717, 1.165) is 38.2 Å². The highest BCUT2D eigenvalue weighted by Gasteiger charge is 2.34. The van der Waals surface area contributed by atoms with Crippen molar-refractivity contribution in [3.63, 3.8) is 0 Å². The lowest BCUT2D eigenvalue weighted by molar-refractivity contribution is -0.137. The lowest BCUT2D eigenvalue weighted by Crippen LogP contribution is -2.45. The highest BCUT2D eigenvalue weighted by atomic mass is 35.5. The second-order valence-electron chi connectivity index (χ2n) is 7.53. The number of fused-ring (bicyclic) bond motifs is 1. The Morgan fingerprint density at radius 3 is 2.41 bits per heavy atom. The molecule has 1 aromatic carbocycles. The lowest BCUT2D eigenvalue weighted by atomic mass is 9.98. The molecule has 0 radical (unpaired) electrons. The van der Waals surface area contributed by atoms with Crippen LogP contribution in [0.4, 0.5) is 13.2 Å². The molecule has 2 aliphatic heterocycles. The number of hydrogen-bond acceptors (Lipinski definition) is 3. The third-order valence-electron chi connectivity index (χ3n) is 5.68. The molecule has 4 rings (SSSR count). The van der Waals surface area contributed by atoms with E-state index in [0.29, 0.717) is 12.1 Å². The van der Waals surface area contributed by atoms with Gasteiger partial charge < -0.3 is 9.80 Å². The van der Waals surface area contributed by atoms with Gasteiger partial charge in [0.05, 0.1) is 18.0 Å². The molecule has 158 valence electrons. The van der Waals surface area contributed by atoms with E-state index in [1.807, 2.05) is 4.90 Å². The van der Waals surface area contributed by atoms with Crippen molar-refractivity contribution in [1.29, 1.82) is 0 Å². The van der Waals surface area contributed by atoms with Crippen LogP contribution in [0.25, 0.3) is 0 Å². The van der Waals surface area contributed by atoms with Crippen molar-refractivity contribution >= 4 is 29.7 Å². The Morgan fingerprint density at radius 2 is 1.76 bits per heavy atom. The normalized spacial score (nSPS) is 19.7. The molecule has 2 aromatic rings. The van der Waals surface area contributed by atoms with Crippen molar-refractivity contribution in [3.05, 3.63) is 57.3 Å². The summed E-state index contributed by atoms with van der Waals surface area (Å²) in [5.74, 6) is -0.0131. The second-order valence-corrected chi connectivity index (χ2v) is 8.53. The highest BCUT2D eigenvalue weighted by Crippen LogP contribution is 2.35. The standard InChI is InChI=1S/C21H23F3N2OS.ClH/c22-21(23,24)16-5-3-15(4-6-16)13-20(27)26-11-7-19-17(8-12-28-19)18(26)14-25-9-1-2-10-25;/h3-6,8,12,18H,1-2,7,9-11,13-14H2;1H. The number of likely N-dealkylation sites (tertiary alicyclic amines) is 1. The Hall–Kier alpha value is -1.57. The van der Waals surface area contributed by atoms with Crippen LogP contribution >= 0.6 is 23.7 Å². The highest BCUT2D eigenvalue weighted by molar-refractivity contribution is 7.10. The van der Waals surface area contributed by atoms with E-state index in [9.17, 15) is 18.0 Å². The summed E-state index contributed by atoms with van der Waals surface area (Å²) in [5.41, 5.74) is 1.18. The first-order valence-corrected chi connectivity index (χ1v) is 10.5. The van der Waals surface area contributed by atoms with Gasteiger partial charge in [-0.3, -0.25) is 4.79 Å². The van der Waals surface area contributed by atoms with Crippen LogP contribution in [-0.4, -0.2) is 41.9 Å². The summed E-state index contributed by atoms with van der Waals surface area (Å²) in [7, 11) is 0. The van der Waals surface area contributed by atoms with Crippen LogP contribution in [0.3, 0.4) is 0 Å². The van der Waals surface area contributed by atoms with E-state index in [2.05, 4.69) is 16.3 Å². The number of carbonyl (C=O) groups excluding carboxylic acids is 1. The summed E-state index contributed by atoms with van der Waals surface area (Å²) in [6, 6.07) is 7.09. The summed E-state index contributed by atoms with van der Waals surface area (Å²) < 4.78 is 38.2. The molecule has 0 spiro atoms. The Kier molecular flexibility index (Phi) is 6.91. The SMILES string of the molecule is Cl.O=C(Cc1ccc(C(F)(F)F)cc1)N1CCc2sccc2C1CN1CCCC1. The maximum atomic E-state index is 13.1. The van der Waals surface area contributed by atoms with E-state index in [1.165, 1.54) is 35.4 Å². The molecule has 1 aromatic heterocycles. The number of thiophene rings is 1. The van der Waals surface area contributed by atoms with Gasteiger partial charge in [-0.15, -0.1) is 23.7 Å². The summed E-state index contributed by atoms with van der Waals surface area (Å²) in [6.07, 6.45) is -0.979. The number of benzene rings is 1. The number of carbonyl (C=O) groups is 1. The fourth-order valence-electron chi connectivity index (χ4n) is 4.19. The second kappa shape index (κ2) is 9.06.